The molecule has 4 nitrogen and oxygen atoms in total. The molecule has 0 saturated heterocycles. The minimum Gasteiger partial charge on any atom is -0.467 e. The zero-order valence-corrected chi connectivity index (χ0v) is 11.7. The van der Waals surface area contributed by atoms with Crippen molar-refractivity contribution in [3.8, 4) is 0 Å². The van der Waals surface area contributed by atoms with Crippen LogP contribution in [-0.4, -0.2) is 12.5 Å². The number of nitrogens with zero attached hydrogens (tertiary/aromatic N) is 1. The number of rotatable bonds is 5. The van der Waals surface area contributed by atoms with Crippen LogP contribution in [0.3, 0.4) is 0 Å². The van der Waals surface area contributed by atoms with Crippen molar-refractivity contribution < 1.29 is 13.2 Å². The van der Waals surface area contributed by atoms with Crippen LogP contribution in [-0.2, 0) is 13.1 Å². The van der Waals surface area contributed by atoms with Gasteiger partial charge in [0.1, 0.15) is 17.4 Å². The summed E-state index contributed by atoms with van der Waals surface area (Å²) in [5, 5.41) is 6.09. The van der Waals surface area contributed by atoms with E-state index < -0.39 is 11.6 Å². The van der Waals surface area contributed by atoms with Crippen LogP contribution in [0.25, 0.3) is 0 Å². The summed E-state index contributed by atoms with van der Waals surface area (Å²) in [5.74, 6) is 0.326. The summed E-state index contributed by atoms with van der Waals surface area (Å²) in [4.78, 5) is 4.23. The minimum absolute atomic E-state index is 0.0527. The van der Waals surface area contributed by atoms with E-state index in [4.69, 9.17) is 4.42 Å². The molecule has 0 radical (unpaired) electrons. The average molecular weight is 293 g/mol. The molecule has 0 spiro atoms. The summed E-state index contributed by atoms with van der Waals surface area (Å²) < 4.78 is 31.8. The largest absolute Gasteiger partial charge is 0.467 e. The number of benzene rings is 1. The first-order chi connectivity index (χ1) is 10.2. The Hall–Kier alpha value is -2.37. The molecular weight excluding hydrogens is 276 g/mol. The van der Waals surface area contributed by atoms with Crippen molar-refractivity contribution in [2.24, 2.45) is 4.99 Å². The van der Waals surface area contributed by atoms with Gasteiger partial charge in [-0.05, 0) is 37.3 Å². The van der Waals surface area contributed by atoms with Crippen LogP contribution in [0.2, 0.25) is 0 Å². The number of halogens is 2. The molecule has 0 atom stereocenters. The fourth-order valence-corrected chi connectivity index (χ4v) is 1.75. The fraction of sp³-hybridized carbons (Fsp3) is 0.267. The molecule has 0 saturated carbocycles. The third-order valence-electron chi connectivity index (χ3n) is 2.77. The predicted octanol–water partition coefficient (Wildman–Crippen LogP) is 2.81. The molecule has 1 aromatic heterocycles. The van der Waals surface area contributed by atoms with E-state index in [1.807, 2.05) is 13.0 Å². The van der Waals surface area contributed by atoms with Crippen molar-refractivity contribution in [1.82, 2.24) is 10.6 Å². The first kappa shape index (κ1) is 15.0. The van der Waals surface area contributed by atoms with E-state index in [9.17, 15) is 8.78 Å². The molecule has 2 aromatic rings. The van der Waals surface area contributed by atoms with Crippen LogP contribution in [0.15, 0.2) is 46.0 Å². The van der Waals surface area contributed by atoms with E-state index in [1.165, 1.54) is 0 Å². The molecule has 112 valence electrons. The first-order valence-electron chi connectivity index (χ1n) is 6.67. The Labute approximate surface area is 121 Å². The van der Waals surface area contributed by atoms with E-state index in [2.05, 4.69) is 15.6 Å². The Morgan fingerprint density at radius 2 is 2.10 bits per heavy atom. The van der Waals surface area contributed by atoms with Crippen molar-refractivity contribution in [1.29, 1.82) is 0 Å². The van der Waals surface area contributed by atoms with Gasteiger partial charge in [-0.15, -0.1) is 0 Å². The normalized spacial score (nSPS) is 11.5. The molecule has 0 bridgehead atoms. The molecular formula is C15H17F2N3O. The highest BCUT2D eigenvalue weighted by Gasteiger charge is 2.04. The first-order valence-corrected chi connectivity index (χ1v) is 6.67. The lowest BCUT2D eigenvalue weighted by atomic mass is 10.2. The molecule has 1 aromatic carbocycles. The van der Waals surface area contributed by atoms with Gasteiger partial charge in [-0.25, -0.2) is 13.8 Å². The smallest absolute Gasteiger partial charge is 0.191 e. The van der Waals surface area contributed by atoms with E-state index in [0.717, 1.165) is 24.0 Å². The summed E-state index contributed by atoms with van der Waals surface area (Å²) in [5.41, 5.74) is 0.213. The molecule has 0 unspecified atom stereocenters. The Balaban J connectivity index is 2.01. The highest BCUT2D eigenvalue weighted by molar-refractivity contribution is 5.79. The average Bonchev–Trinajstić information content (AvgIpc) is 2.98. The minimum atomic E-state index is -0.477. The second-order valence-electron chi connectivity index (χ2n) is 4.36. The third kappa shape index (κ3) is 4.59. The molecule has 0 amide bonds. The number of nitrogens with one attached hydrogen (secondary N) is 2. The van der Waals surface area contributed by atoms with Crippen molar-refractivity contribution in [2.75, 3.05) is 6.54 Å². The van der Waals surface area contributed by atoms with Crippen LogP contribution in [0.5, 0.6) is 0 Å². The molecule has 1 heterocycles. The van der Waals surface area contributed by atoms with Gasteiger partial charge in [0.25, 0.3) is 0 Å². The zero-order valence-electron chi connectivity index (χ0n) is 11.7. The van der Waals surface area contributed by atoms with Gasteiger partial charge in [-0.3, -0.25) is 0 Å². The van der Waals surface area contributed by atoms with Crippen molar-refractivity contribution >= 4 is 5.96 Å². The second kappa shape index (κ2) is 7.42. The predicted molar refractivity (Wildman–Crippen MR) is 76.7 cm³/mol. The third-order valence-corrected chi connectivity index (χ3v) is 2.77. The summed E-state index contributed by atoms with van der Waals surface area (Å²) in [6.45, 7) is 3.10. The van der Waals surface area contributed by atoms with Gasteiger partial charge in [0, 0.05) is 12.1 Å². The van der Waals surface area contributed by atoms with E-state index in [-0.39, 0.29) is 12.1 Å². The highest BCUT2D eigenvalue weighted by atomic mass is 19.1. The lowest BCUT2D eigenvalue weighted by molar-refractivity contribution is 0.501. The molecule has 0 aliphatic carbocycles. The zero-order chi connectivity index (χ0) is 15.1. The Morgan fingerprint density at radius 3 is 2.81 bits per heavy atom. The molecule has 0 aliphatic rings. The summed E-state index contributed by atoms with van der Waals surface area (Å²) >= 11 is 0. The number of guanidine groups is 1. The summed E-state index contributed by atoms with van der Waals surface area (Å²) in [6, 6.07) is 6.97. The Bertz CT molecular complexity index is 597. The van der Waals surface area contributed by atoms with Crippen molar-refractivity contribution in [3.05, 3.63) is 59.6 Å². The maximum absolute atomic E-state index is 13.5. The van der Waals surface area contributed by atoms with E-state index >= 15 is 0 Å². The number of furan rings is 1. The maximum Gasteiger partial charge on any atom is 0.191 e. The lowest BCUT2D eigenvalue weighted by Gasteiger charge is -2.10. The van der Waals surface area contributed by atoms with Gasteiger partial charge in [-0.1, -0.05) is 0 Å². The van der Waals surface area contributed by atoms with E-state index in [1.54, 1.807) is 12.3 Å². The highest BCUT2D eigenvalue weighted by Crippen LogP contribution is 2.10. The second-order valence-corrected chi connectivity index (χ2v) is 4.36. The van der Waals surface area contributed by atoms with Gasteiger partial charge in [0.15, 0.2) is 5.96 Å². The Kier molecular flexibility index (Phi) is 5.31. The number of hydrogen-bond donors (Lipinski definition) is 2. The van der Waals surface area contributed by atoms with Gasteiger partial charge >= 0.3 is 0 Å². The molecule has 2 rings (SSSR count). The Morgan fingerprint density at radius 1 is 1.24 bits per heavy atom. The molecule has 21 heavy (non-hydrogen) atoms. The summed E-state index contributed by atoms with van der Waals surface area (Å²) in [7, 11) is 0. The fourth-order valence-electron chi connectivity index (χ4n) is 1.75. The standard InChI is InChI=1S/C15H17F2N3O/c1-2-18-15(20-10-13-4-3-7-21-13)19-9-11-8-12(16)5-6-14(11)17/h3-8H,2,9-10H2,1H3,(H2,18,19,20). The van der Waals surface area contributed by atoms with E-state index in [0.29, 0.717) is 19.0 Å². The van der Waals surface area contributed by atoms with Crippen molar-refractivity contribution in [2.45, 2.75) is 20.0 Å². The SMILES string of the molecule is CCNC(=NCc1cc(F)ccc1F)NCc1ccco1. The molecule has 0 fully saturated rings. The monoisotopic (exact) mass is 293 g/mol. The van der Waals surface area contributed by atoms with Crippen LogP contribution < -0.4 is 10.6 Å². The van der Waals surface area contributed by atoms with Crippen molar-refractivity contribution in [3.63, 3.8) is 0 Å². The van der Waals surface area contributed by atoms with Gasteiger partial charge in [0.2, 0.25) is 0 Å². The van der Waals surface area contributed by atoms with Gasteiger partial charge < -0.3 is 15.1 Å². The lowest BCUT2D eigenvalue weighted by Crippen LogP contribution is -2.36. The van der Waals surface area contributed by atoms with Crippen LogP contribution in [0, 0.1) is 11.6 Å². The topological polar surface area (TPSA) is 49.6 Å². The maximum atomic E-state index is 13.5. The molecule has 6 heteroatoms. The quantitative estimate of drug-likeness (QED) is 0.658. The van der Waals surface area contributed by atoms with Crippen LogP contribution in [0.1, 0.15) is 18.2 Å². The molecule has 0 aliphatic heterocycles. The summed E-state index contributed by atoms with van der Waals surface area (Å²) in [6.07, 6.45) is 1.59. The van der Waals surface area contributed by atoms with Gasteiger partial charge in [-0.2, -0.15) is 0 Å². The number of aliphatic imine (C=N–C) groups is 1. The van der Waals surface area contributed by atoms with Crippen LogP contribution >= 0.6 is 0 Å². The van der Waals surface area contributed by atoms with Crippen LogP contribution in [0.4, 0.5) is 8.78 Å². The molecule has 2 N–H and O–H groups in total. The van der Waals surface area contributed by atoms with Gasteiger partial charge in [0.05, 0.1) is 19.4 Å². The number of hydrogen-bond acceptors (Lipinski definition) is 2.